The van der Waals surface area contributed by atoms with Crippen LogP contribution in [0, 0.1) is 0 Å². The van der Waals surface area contributed by atoms with Crippen LogP contribution >= 0.6 is 11.8 Å². The Bertz CT molecular complexity index is 316. The zero-order valence-electron chi connectivity index (χ0n) is 8.27. The Labute approximate surface area is 88.8 Å². The molecule has 14 heavy (non-hydrogen) atoms. The number of rotatable bonds is 2. The van der Waals surface area contributed by atoms with Crippen molar-refractivity contribution in [2.45, 2.75) is 29.6 Å². The van der Waals surface area contributed by atoms with Crippen LogP contribution < -0.4 is 5.73 Å². The molecule has 2 nitrogen and oxygen atoms in total. The highest BCUT2D eigenvalue weighted by Crippen LogP contribution is 2.35. The first kappa shape index (κ1) is 9.87. The molecule has 2 unspecified atom stereocenters. The maximum atomic E-state index is 5.88. The SMILES string of the molecule is CC1OCCC1Sc1ccccc1N. The summed E-state index contributed by atoms with van der Waals surface area (Å²) in [7, 11) is 0. The van der Waals surface area contributed by atoms with Gasteiger partial charge in [-0.2, -0.15) is 0 Å². The molecule has 0 radical (unpaired) electrons. The second-order valence-corrected chi connectivity index (χ2v) is 4.84. The quantitative estimate of drug-likeness (QED) is 0.760. The molecule has 2 N–H and O–H groups in total. The van der Waals surface area contributed by atoms with Crippen molar-refractivity contribution in [3.05, 3.63) is 24.3 Å². The summed E-state index contributed by atoms with van der Waals surface area (Å²) in [4.78, 5) is 1.18. The lowest BCUT2D eigenvalue weighted by Gasteiger charge is -2.14. The topological polar surface area (TPSA) is 35.2 Å². The lowest BCUT2D eigenvalue weighted by atomic mass is 10.3. The molecule has 0 aliphatic carbocycles. The fourth-order valence-corrected chi connectivity index (χ4v) is 2.79. The molecule has 0 amide bonds. The summed E-state index contributed by atoms with van der Waals surface area (Å²) < 4.78 is 5.52. The van der Waals surface area contributed by atoms with Gasteiger partial charge in [0.15, 0.2) is 0 Å². The standard InChI is InChI=1S/C11H15NOS/c1-8-10(6-7-13-8)14-11-5-3-2-4-9(11)12/h2-5,8,10H,6-7,12H2,1H3. The number of para-hydroxylation sites is 1. The van der Waals surface area contributed by atoms with Gasteiger partial charge in [0.25, 0.3) is 0 Å². The molecule has 1 fully saturated rings. The highest BCUT2D eigenvalue weighted by Gasteiger charge is 2.25. The van der Waals surface area contributed by atoms with E-state index in [-0.39, 0.29) is 0 Å². The number of ether oxygens (including phenoxy) is 1. The molecule has 0 spiro atoms. The van der Waals surface area contributed by atoms with Crippen LogP contribution in [-0.2, 0) is 4.74 Å². The third-order valence-corrected chi connectivity index (χ3v) is 4.05. The summed E-state index contributed by atoms with van der Waals surface area (Å²) in [6, 6.07) is 8.01. The third-order valence-electron chi connectivity index (χ3n) is 2.50. The Morgan fingerprint density at radius 1 is 1.43 bits per heavy atom. The molecular formula is C11H15NOS. The molecule has 1 saturated heterocycles. The van der Waals surface area contributed by atoms with Gasteiger partial charge in [-0.1, -0.05) is 12.1 Å². The van der Waals surface area contributed by atoms with Gasteiger partial charge in [-0.3, -0.25) is 0 Å². The molecule has 1 aliphatic rings. The van der Waals surface area contributed by atoms with Crippen LogP contribution in [-0.4, -0.2) is 18.0 Å². The van der Waals surface area contributed by atoms with Gasteiger partial charge >= 0.3 is 0 Å². The number of hydrogen-bond donors (Lipinski definition) is 1. The minimum Gasteiger partial charge on any atom is -0.398 e. The first-order chi connectivity index (χ1) is 6.77. The predicted octanol–water partition coefficient (Wildman–Crippen LogP) is 2.54. The van der Waals surface area contributed by atoms with Gasteiger partial charge < -0.3 is 10.5 Å². The van der Waals surface area contributed by atoms with Gasteiger partial charge in [0.1, 0.15) is 0 Å². The van der Waals surface area contributed by atoms with Crippen molar-refractivity contribution >= 4 is 17.4 Å². The van der Waals surface area contributed by atoms with E-state index >= 15 is 0 Å². The molecule has 0 saturated carbocycles. The summed E-state index contributed by atoms with van der Waals surface area (Å²) in [5.74, 6) is 0. The van der Waals surface area contributed by atoms with E-state index in [1.54, 1.807) is 0 Å². The van der Waals surface area contributed by atoms with E-state index in [1.165, 1.54) is 4.90 Å². The van der Waals surface area contributed by atoms with Crippen LogP contribution in [0.1, 0.15) is 13.3 Å². The van der Waals surface area contributed by atoms with E-state index in [0.29, 0.717) is 11.4 Å². The molecule has 0 bridgehead atoms. The van der Waals surface area contributed by atoms with Crippen LogP contribution in [0.4, 0.5) is 5.69 Å². The molecule has 2 rings (SSSR count). The molecule has 76 valence electrons. The summed E-state index contributed by atoms with van der Waals surface area (Å²) in [6.45, 7) is 3.01. The Morgan fingerprint density at radius 3 is 2.86 bits per heavy atom. The van der Waals surface area contributed by atoms with Crippen molar-refractivity contribution in [1.29, 1.82) is 0 Å². The van der Waals surface area contributed by atoms with E-state index in [0.717, 1.165) is 18.7 Å². The number of benzene rings is 1. The van der Waals surface area contributed by atoms with E-state index in [4.69, 9.17) is 10.5 Å². The minimum atomic E-state index is 0.347. The molecule has 1 aromatic rings. The second kappa shape index (κ2) is 4.24. The number of hydrogen-bond acceptors (Lipinski definition) is 3. The Hall–Kier alpha value is -0.670. The zero-order valence-corrected chi connectivity index (χ0v) is 9.09. The normalized spacial score (nSPS) is 26.6. The molecule has 3 heteroatoms. The molecule has 1 aromatic carbocycles. The maximum absolute atomic E-state index is 5.88. The second-order valence-electron chi connectivity index (χ2n) is 3.56. The van der Waals surface area contributed by atoms with Gasteiger partial charge in [0, 0.05) is 22.4 Å². The maximum Gasteiger partial charge on any atom is 0.0669 e. The van der Waals surface area contributed by atoms with E-state index in [1.807, 2.05) is 30.0 Å². The highest BCUT2D eigenvalue weighted by molar-refractivity contribution is 8.00. The summed E-state index contributed by atoms with van der Waals surface area (Å²) in [5.41, 5.74) is 6.75. The average molecular weight is 209 g/mol. The Morgan fingerprint density at radius 2 is 2.21 bits per heavy atom. The van der Waals surface area contributed by atoms with Gasteiger partial charge in [-0.25, -0.2) is 0 Å². The molecule has 1 heterocycles. The first-order valence-corrected chi connectivity index (χ1v) is 5.78. The summed E-state index contributed by atoms with van der Waals surface area (Å²) in [6.07, 6.45) is 1.47. The smallest absolute Gasteiger partial charge is 0.0669 e. The fraction of sp³-hybridized carbons (Fsp3) is 0.455. The Kier molecular flexibility index (Phi) is 2.99. The van der Waals surface area contributed by atoms with Gasteiger partial charge in [0.2, 0.25) is 0 Å². The highest BCUT2D eigenvalue weighted by atomic mass is 32.2. The van der Waals surface area contributed by atoms with Crippen LogP contribution in [0.15, 0.2) is 29.2 Å². The largest absolute Gasteiger partial charge is 0.398 e. The fourth-order valence-electron chi connectivity index (χ4n) is 1.62. The van der Waals surface area contributed by atoms with Crippen molar-refractivity contribution in [3.8, 4) is 0 Å². The summed E-state index contributed by atoms with van der Waals surface area (Å²) in [5, 5.41) is 0.555. The van der Waals surface area contributed by atoms with Crippen LogP contribution in [0.3, 0.4) is 0 Å². The number of nitrogen functional groups attached to an aromatic ring is 1. The van der Waals surface area contributed by atoms with Crippen LogP contribution in [0.25, 0.3) is 0 Å². The van der Waals surface area contributed by atoms with Crippen molar-refractivity contribution in [2.24, 2.45) is 0 Å². The predicted molar refractivity (Wildman–Crippen MR) is 60.5 cm³/mol. The van der Waals surface area contributed by atoms with Crippen molar-refractivity contribution in [2.75, 3.05) is 12.3 Å². The Balaban J connectivity index is 2.07. The lowest BCUT2D eigenvalue weighted by Crippen LogP contribution is -2.13. The molecule has 1 aliphatic heterocycles. The zero-order chi connectivity index (χ0) is 9.97. The number of anilines is 1. The van der Waals surface area contributed by atoms with Crippen molar-refractivity contribution in [1.82, 2.24) is 0 Å². The molecular weight excluding hydrogens is 194 g/mol. The van der Waals surface area contributed by atoms with Gasteiger partial charge in [0.05, 0.1) is 6.10 Å². The minimum absolute atomic E-state index is 0.347. The lowest BCUT2D eigenvalue weighted by molar-refractivity contribution is 0.127. The first-order valence-electron chi connectivity index (χ1n) is 4.90. The number of nitrogens with two attached hydrogens (primary N) is 1. The summed E-state index contributed by atoms with van der Waals surface area (Å²) >= 11 is 1.84. The van der Waals surface area contributed by atoms with Crippen LogP contribution in [0.2, 0.25) is 0 Å². The van der Waals surface area contributed by atoms with Crippen molar-refractivity contribution < 1.29 is 4.74 Å². The monoisotopic (exact) mass is 209 g/mol. The van der Waals surface area contributed by atoms with E-state index in [2.05, 4.69) is 13.0 Å². The van der Waals surface area contributed by atoms with Crippen LogP contribution in [0.5, 0.6) is 0 Å². The molecule has 2 atom stereocenters. The molecule has 0 aromatic heterocycles. The number of thioether (sulfide) groups is 1. The van der Waals surface area contributed by atoms with Gasteiger partial charge in [-0.05, 0) is 25.5 Å². The van der Waals surface area contributed by atoms with E-state index < -0.39 is 0 Å². The van der Waals surface area contributed by atoms with Gasteiger partial charge in [-0.15, -0.1) is 11.8 Å². The van der Waals surface area contributed by atoms with Crippen molar-refractivity contribution in [3.63, 3.8) is 0 Å². The van der Waals surface area contributed by atoms with E-state index in [9.17, 15) is 0 Å². The average Bonchev–Trinajstić information content (AvgIpc) is 2.56. The third kappa shape index (κ3) is 2.04.